The molecule has 2 N–H and O–H groups in total. The highest BCUT2D eigenvalue weighted by molar-refractivity contribution is 6.10. The van der Waals surface area contributed by atoms with E-state index in [4.69, 9.17) is 20.0 Å². The largest absolute Gasteiger partial charge is 0.272 e. The number of nitrogens with two attached hydrogens (primary N) is 1. The second-order valence-corrected chi connectivity index (χ2v) is 11.0. The summed E-state index contributed by atoms with van der Waals surface area (Å²) in [5, 5.41) is 6.66. The lowest BCUT2D eigenvalue weighted by molar-refractivity contribution is -0.586. The maximum atomic E-state index is 5.20. The lowest BCUT2D eigenvalue weighted by Crippen LogP contribution is -2.89. The van der Waals surface area contributed by atoms with Gasteiger partial charge in [0.15, 0.2) is 5.84 Å². The minimum atomic E-state index is -0.163. The van der Waals surface area contributed by atoms with Gasteiger partial charge in [0.1, 0.15) is 0 Å². The van der Waals surface area contributed by atoms with Crippen LogP contribution in [0.25, 0.3) is 44.1 Å². The van der Waals surface area contributed by atoms with Gasteiger partial charge in [0, 0.05) is 45.4 Å². The summed E-state index contributed by atoms with van der Waals surface area (Å²) in [6, 6.07) is 48.1. The van der Waals surface area contributed by atoms with Crippen LogP contribution in [-0.2, 0) is 0 Å². The Morgan fingerprint density at radius 2 is 0.955 bits per heavy atom. The number of fused-ring (bicyclic) bond motifs is 2. The van der Waals surface area contributed by atoms with Gasteiger partial charge in [0.25, 0.3) is 0 Å². The van der Waals surface area contributed by atoms with Crippen LogP contribution in [0, 0.1) is 0 Å². The number of amidine groups is 2. The molecule has 1 unspecified atom stereocenters. The van der Waals surface area contributed by atoms with Crippen molar-refractivity contribution < 1.29 is 5.32 Å². The highest BCUT2D eigenvalue weighted by Crippen LogP contribution is 2.31. The van der Waals surface area contributed by atoms with Crippen LogP contribution in [0.1, 0.15) is 22.9 Å². The molecule has 208 valence electrons. The van der Waals surface area contributed by atoms with Gasteiger partial charge in [-0.05, 0) is 53.2 Å². The van der Waals surface area contributed by atoms with E-state index in [1.807, 2.05) is 48.8 Å². The molecular weight excluding hydrogens is 538 g/mol. The quantitative estimate of drug-likeness (QED) is 0.233. The van der Waals surface area contributed by atoms with E-state index in [2.05, 4.69) is 108 Å². The molecule has 7 aromatic rings. The summed E-state index contributed by atoms with van der Waals surface area (Å²) in [5.41, 5.74) is 6.86. The van der Waals surface area contributed by atoms with Gasteiger partial charge in [-0.3, -0.25) is 15.3 Å². The van der Waals surface area contributed by atoms with Crippen molar-refractivity contribution in [3.63, 3.8) is 0 Å². The Bertz CT molecular complexity index is 2110. The van der Waals surface area contributed by atoms with Gasteiger partial charge >= 0.3 is 0 Å². The van der Waals surface area contributed by atoms with Gasteiger partial charge in [0.2, 0.25) is 12.0 Å². The number of benzene rings is 5. The first-order valence-corrected chi connectivity index (χ1v) is 14.7. The lowest BCUT2D eigenvalue weighted by Gasteiger charge is -2.19. The average molecular weight is 567 g/mol. The summed E-state index contributed by atoms with van der Waals surface area (Å²) in [6.07, 6.45) is 3.72. The SMILES string of the molecule is c1ccc(C2=NC(c3cc(-c4cc5ccccc5cn4)cc(-c4cc5ccccc5cn4)c3)=NC(c3ccccc3)[NH2+]2)cc1. The number of nitrogens with zero attached hydrogens (tertiary/aromatic N) is 4. The molecule has 3 heterocycles. The molecular formula is C39H28N5+. The maximum absolute atomic E-state index is 5.20. The molecule has 1 atom stereocenters. The third kappa shape index (κ3) is 5.06. The fourth-order valence-corrected chi connectivity index (χ4v) is 5.76. The summed E-state index contributed by atoms with van der Waals surface area (Å²) in [5.74, 6) is 1.59. The van der Waals surface area contributed by atoms with Crippen molar-refractivity contribution in [3.8, 4) is 22.5 Å². The summed E-state index contributed by atoms with van der Waals surface area (Å²) in [7, 11) is 0. The standard InChI is InChI=1S/C39H27N5/c1-3-11-26(12-4-1)37-42-38(27-13-5-2-6-14-27)44-39(43-37)34-20-32(35-22-28-15-7-9-17-30(28)24-40-35)19-33(21-34)36-23-29-16-8-10-18-31(29)25-41-36/h1-25,37H,(H,42,43,44)/p+1. The van der Waals surface area contributed by atoms with E-state index in [0.29, 0.717) is 5.84 Å². The van der Waals surface area contributed by atoms with Crippen LogP contribution in [-0.4, -0.2) is 21.6 Å². The minimum Gasteiger partial charge on any atom is -0.272 e. The predicted octanol–water partition coefficient (Wildman–Crippen LogP) is 7.59. The Balaban J connectivity index is 1.33. The molecule has 2 aromatic heterocycles. The number of quaternary nitrogens is 1. The zero-order valence-electron chi connectivity index (χ0n) is 23.9. The third-order valence-electron chi connectivity index (χ3n) is 8.06. The highest BCUT2D eigenvalue weighted by atomic mass is 15.2. The third-order valence-corrected chi connectivity index (χ3v) is 8.06. The Kier molecular flexibility index (Phi) is 6.55. The van der Waals surface area contributed by atoms with Crippen LogP contribution in [0.3, 0.4) is 0 Å². The second-order valence-electron chi connectivity index (χ2n) is 11.0. The Morgan fingerprint density at radius 3 is 1.55 bits per heavy atom. The van der Waals surface area contributed by atoms with Crippen molar-refractivity contribution in [3.05, 3.63) is 169 Å². The van der Waals surface area contributed by atoms with Crippen molar-refractivity contribution >= 4 is 33.2 Å². The first kappa shape index (κ1) is 25.9. The second kappa shape index (κ2) is 11.1. The Labute approximate surface area is 255 Å². The average Bonchev–Trinajstić information content (AvgIpc) is 3.11. The molecule has 0 aliphatic carbocycles. The molecule has 0 fully saturated rings. The molecule has 5 heteroatoms. The van der Waals surface area contributed by atoms with E-state index in [-0.39, 0.29) is 6.17 Å². The lowest BCUT2D eigenvalue weighted by atomic mass is 9.98. The van der Waals surface area contributed by atoms with Crippen molar-refractivity contribution in [2.24, 2.45) is 9.98 Å². The maximum Gasteiger partial charge on any atom is 0.235 e. The van der Waals surface area contributed by atoms with Crippen LogP contribution in [0.2, 0.25) is 0 Å². The first-order chi connectivity index (χ1) is 21.8. The normalized spacial score (nSPS) is 14.8. The number of rotatable bonds is 5. The van der Waals surface area contributed by atoms with Gasteiger partial charge in [0.05, 0.1) is 17.0 Å². The summed E-state index contributed by atoms with van der Waals surface area (Å²) < 4.78 is 0. The van der Waals surface area contributed by atoms with Crippen LogP contribution in [0.4, 0.5) is 0 Å². The van der Waals surface area contributed by atoms with E-state index < -0.39 is 0 Å². The van der Waals surface area contributed by atoms with E-state index in [9.17, 15) is 0 Å². The van der Waals surface area contributed by atoms with Gasteiger partial charge in [-0.1, -0.05) is 97.1 Å². The molecule has 0 bridgehead atoms. The Hall–Kier alpha value is -5.78. The fourth-order valence-electron chi connectivity index (χ4n) is 5.76. The van der Waals surface area contributed by atoms with Crippen LogP contribution in [0.15, 0.2) is 162 Å². The van der Waals surface area contributed by atoms with Crippen molar-refractivity contribution in [1.82, 2.24) is 9.97 Å². The topological polar surface area (TPSA) is 67.1 Å². The van der Waals surface area contributed by atoms with E-state index in [0.717, 1.165) is 66.6 Å². The zero-order valence-corrected chi connectivity index (χ0v) is 23.9. The molecule has 5 aromatic carbocycles. The predicted molar refractivity (Wildman–Crippen MR) is 179 cm³/mol. The summed E-state index contributed by atoms with van der Waals surface area (Å²) in [6.45, 7) is 0. The number of aliphatic imine (C=N–C) groups is 2. The molecule has 0 spiro atoms. The molecule has 1 aliphatic rings. The zero-order chi connectivity index (χ0) is 29.3. The van der Waals surface area contributed by atoms with Crippen molar-refractivity contribution in [1.29, 1.82) is 0 Å². The smallest absolute Gasteiger partial charge is 0.235 e. The van der Waals surface area contributed by atoms with Crippen LogP contribution in [0.5, 0.6) is 0 Å². The fraction of sp³-hybridized carbons (Fsp3) is 0.0256. The number of aromatic nitrogens is 2. The molecule has 0 radical (unpaired) electrons. The molecule has 0 saturated carbocycles. The molecule has 0 amide bonds. The van der Waals surface area contributed by atoms with Gasteiger partial charge < -0.3 is 0 Å². The molecule has 44 heavy (non-hydrogen) atoms. The molecule has 1 aliphatic heterocycles. The summed E-state index contributed by atoms with van der Waals surface area (Å²) in [4.78, 5) is 20.1. The van der Waals surface area contributed by atoms with Crippen LogP contribution >= 0.6 is 0 Å². The van der Waals surface area contributed by atoms with Crippen molar-refractivity contribution in [2.75, 3.05) is 0 Å². The summed E-state index contributed by atoms with van der Waals surface area (Å²) >= 11 is 0. The number of hydrogen-bond acceptors (Lipinski definition) is 4. The van der Waals surface area contributed by atoms with Gasteiger partial charge in [-0.25, -0.2) is 4.99 Å². The van der Waals surface area contributed by atoms with Crippen molar-refractivity contribution in [2.45, 2.75) is 6.17 Å². The molecule has 8 rings (SSSR count). The first-order valence-electron chi connectivity index (χ1n) is 14.7. The monoisotopic (exact) mass is 566 g/mol. The van der Waals surface area contributed by atoms with E-state index in [1.165, 1.54) is 0 Å². The molecule has 0 saturated heterocycles. The Morgan fingerprint density at radius 1 is 0.455 bits per heavy atom. The van der Waals surface area contributed by atoms with E-state index in [1.54, 1.807) is 0 Å². The minimum absolute atomic E-state index is 0.163. The van der Waals surface area contributed by atoms with E-state index >= 15 is 0 Å². The number of pyridine rings is 2. The number of hydrogen-bond donors (Lipinski definition) is 1. The highest BCUT2D eigenvalue weighted by Gasteiger charge is 2.26. The van der Waals surface area contributed by atoms with Gasteiger partial charge in [-0.2, -0.15) is 4.99 Å². The molecule has 5 nitrogen and oxygen atoms in total. The van der Waals surface area contributed by atoms with Crippen LogP contribution < -0.4 is 5.32 Å². The van der Waals surface area contributed by atoms with Gasteiger partial charge in [-0.15, -0.1) is 0 Å².